The van der Waals surface area contributed by atoms with Crippen LogP contribution in [-0.4, -0.2) is 28.8 Å². The maximum atomic E-state index is 11.6. The predicted octanol–water partition coefficient (Wildman–Crippen LogP) is 2.56. The Hall–Kier alpha value is -0.740. The zero-order valence-electron chi connectivity index (χ0n) is 10.8. The first-order valence-corrected chi connectivity index (χ1v) is 7.09. The summed E-state index contributed by atoms with van der Waals surface area (Å²) in [6.07, 6.45) is 1.67. The summed E-state index contributed by atoms with van der Waals surface area (Å²) in [7, 11) is 0. The number of likely N-dealkylation sites (tertiary alicyclic amines) is 1. The van der Waals surface area contributed by atoms with E-state index in [9.17, 15) is 4.79 Å². The Kier molecular flexibility index (Phi) is 3.94. The zero-order valence-corrected chi connectivity index (χ0v) is 11.6. The van der Waals surface area contributed by atoms with Crippen molar-refractivity contribution in [2.75, 3.05) is 13.1 Å². The fourth-order valence-electron chi connectivity index (χ4n) is 2.28. The fourth-order valence-corrected chi connectivity index (χ4v) is 3.25. The van der Waals surface area contributed by atoms with Gasteiger partial charge >= 0.3 is 0 Å². The van der Waals surface area contributed by atoms with Crippen molar-refractivity contribution in [2.24, 2.45) is 5.92 Å². The van der Waals surface area contributed by atoms with Crippen LogP contribution < -0.4 is 0 Å². The molecule has 1 atom stereocenters. The SMILES string of the molecule is CCC1CN(Cc2nc(C)c(C)s2)CCC1=O. The molecule has 0 radical (unpaired) electrons. The highest BCUT2D eigenvalue weighted by Crippen LogP contribution is 2.22. The molecule has 1 saturated heterocycles. The number of carbonyl (C=O) groups excluding carboxylic acids is 1. The molecule has 0 aliphatic carbocycles. The van der Waals surface area contributed by atoms with Crippen LogP contribution in [0.25, 0.3) is 0 Å². The van der Waals surface area contributed by atoms with Crippen molar-refractivity contribution in [3.05, 3.63) is 15.6 Å². The van der Waals surface area contributed by atoms with Gasteiger partial charge in [-0.25, -0.2) is 4.98 Å². The van der Waals surface area contributed by atoms with Gasteiger partial charge in [0.25, 0.3) is 0 Å². The van der Waals surface area contributed by atoms with Crippen LogP contribution in [0.4, 0.5) is 0 Å². The van der Waals surface area contributed by atoms with E-state index in [1.807, 2.05) is 0 Å². The number of thiazole rings is 1. The summed E-state index contributed by atoms with van der Waals surface area (Å²) in [6, 6.07) is 0. The number of ketones is 1. The number of Topliss-reactive ketones (excluding diaryl/α,β-unsaturated/α-hetero) is 1. The molecule has 0 N–H and O–H groups in total. The molecule has 94 valence electrons. The third kappa shape index (κ3) is 2.93. The summed E-state index contributed by atoms with van der Waals surface area (Å²) in [4.78, 5) is 19.9. The minimum Gasteiger partial charge on any atom is -0.299 e. The minimum absolute atomic E-state index is 0.242. The summed E-state index contributed by atoms with van der Waals surface area (Å²) in [5.41, 5.74) is 1.14. The van der Waals surface area contributed by atoms with Gasteiger partial charge in [0.1, 0.15) is 10.8 Å². The lowest BCUT2D eigenvalue weighted by Gasteiger charge is -2.30. The van der Waals surface area contributed by atoms with Gasteiger partial charge in [-0.15, -0.1) is 11.3 Å². The summed E-state index contributed by atoms with van der Waals surface area (Å²) in [6.45, 7) is 8.99. The topological polar surface area (TPSA) is 33.2 Å². The van der Waals surface area contributed by atoms with Crippen molar-refractivity contribution >= 4 is 17.1 Å². The van der Waals surface area contributed by atoms with Crippen molar-refractivity contribution in [3.63, 3.8) is 0 Å². The highest BCUT2D eigenvalue weighted by atomic mass is 32.1. The van der Waals surface area contributed by atoms with E-state index in [0.717, 1.165) is 31.7 Å². The molecule has 1 aliphatic rings. The Morgan fingerprint density at radius 2 is 2.24 bits per heavy atom. The quantitative estimate of drug-likeness (QED) is 0.829. The molecule has 0 amide bonds. The second-order valence-electron chi connectivity index (χ2n) is 4.81. The van der Waals surface area contributed by atoms with E-state index < -0.39 is 0 Å². The molecule has 2 heterocycles. The number of hydrogen-bond donors (Lipinski definition) is 0. The molecule has 17 heavy (non-hydrogen) atoms. The highest BCUT2D eigenvalue weighted by molar-refractivity contribution is 7.11. The van der Waals surface area contributed by atoms with Crippen molar-refractivity contribution in [3.8, 4) is 0 Å². The van der Waals surface area contributed by atoms with Crippen molar-refractivity contribution in [2.45, 2.75) is 40.2 Å². The largest absolute Gasteiger partial charge is 0.299 e. The van der Waals surface area contributed by atoms with Crippen LogP contribution in [0.5, 0.6) is 0 Å². The van der Waals surface area contributed by atoms with Crippen LogP contribution in [0.1, 0.15) is 35.3 Å². The van der Waals surface area contributed by atoms with Gasteiger partial charge in [-0.3, -0.25) is 9.69 Å². The molecule has 4 heteroatoms. The van der Waals surface area contributed by atoms with Gasteiger partial charge in [-0.1, -0.05) is 6.92 Å². The second kappa shape index (κ2) is 5.27. The Labute approximate surface area is 107 Å². The third-order valence-corrected chi connectivity index (χ3v) is 4.59. The molecule has 0 aromatic carbocycles. The maximum Gasteiger partial charge on any atom is 0.138 e. The van der Waals surface area contributed by atoms with Gasteiger partial charge in [-0.2, -0.15) is 0 Å². The Morgan fingerprint density at radius 1 is 1.47 bits per heavy atom. The van der Waals surface area contributed by atoms with E-state index in [1.54, 1.807) is 11.3 Å². The van der Waals surface area contributed by atoms with E-state index in [0.29, 0.717) is 12.2 Å². The monoisotopic (exact) mass is 252 g/mol. The number of hydrogen-bond acceptors (Lipinski definition) is 4. The fraction of sp³-hybridized carbons (Fsp3) is 0.692. The first-order chi connectivity index (χ1) is 8.10. The highest BCUT2D eigenvalue weighted by Gasteiger charge is 2.26. The Balaban J connectivity index is 1.97. The van der Waals surface area contributed by atoms with Gasteiger partial charge in [0.15, 0.2) is 0 Å². The number of nitrogens with zero attached hydrogens (tertiary/aromatic N) is 2. The lowest BCUT2D eigenvalue weighted by atomic mass is 9.94. The van der Waals surface area contributed by atoms with Gasteiger partial charge < -0.3 is 0 Å². The molecule has 1 aromatic rings. The standard InChI is InChI=1S/C13H20N2OS/c1-4-11-7-15(6-5-12(11)16)8-13-14-9(2)10(3)17-13/h11H,4-8H2,1-3H3. The van der Waals surface area contributed by atoms with E-state index in [4.69, 9.17) is 0 Å². The van der Waals surface area contributed by atoms with Gasteiger partial charge in [0.05, 0.1) is 12.2 Å². The number of carbonyl (C=O) groups is 1. The number of aryl methyl sites for hydroxylation is 2. The molecule has 0 spiro atoms. The van der Waals surface area contributed by atoms with E-state index in [-0.39, 0.29) is 5.92 Å². The average molecular weight is 252 g/mol. The molecule has 1 aromatic heterocycles. The van der Waals surface area contributed by atoms with Gasteiger partial charge in [0, 0.05) is 30.3 Å². The molecule has 0 saturated carbocycles. The maximum absolute atomic E-state index is 11.6. The number of aromatic nitrogens is 1. The first-order valence-electron chi connectivity index (χ1n) is 6.28. The average Bonchev–Trinajstić information content (AvgIpc) is 2.61. The van der Waals surface area contributed by atoms with Crippen molar-refractivity contribution in [1.29, 1.82) is 0 Å². The van der Waals surface area contributed by atoms with Gasteiger partial charge in [0.2, 0.25) is 0 Å². The van der Waals surface area contributed by atoms with Crippen LogP contribution in [0, 0.1) is 19.8 Å². The Morgan fingerprint density at radius 3 is 2.82 bits per heavy atom. The predicted molar refractivity (Wildman–Crippen MR) is 70.3 cm³/mol. The smallest absolute Gasteiger partial charge is 0.138 e. The zero-order chi connectivity index (χ0) is 12.4. The molecule has 3 nitrogen and oxygen atoms in total. The number of piperidine rings is 1. The van der Waals surface area contributed by atoms with Crippen molar-refractivity contribution in [1.82, 2.24) is 9.88 Å². The summed E-state index contributed by atoms with van der Waals surface area (Å²) in [5.74, 6) is 0.682. The van der Waals surface area contributed by atoms with Crippen LogP contribution in [0.2, 0.25) is 0 Å². The van der Waals surface area contributed by atoms with Gasteiger partial charge in [-0.05, 0) is 20.3 Å². The van der Waals surface area contributed by atoms with E-state index in [2.05, 4.69) is 30.7 Å². The normalized spacial score (nSPS) is 22.1. The molecular weight excluding hydrogens is 232 g/mol. The van der Waals surface area contributed by atoms with Crippen molar-refractivity contribution < 1.29 is 4.79 Å². The molecule has 1 unspecified atom stereocenters. The first kappa shape index (κ1) is 12.7. The molecular formula is C13H20N2OS. The minimum atomic E-state index is 0.242. The van der Waals surface area contributed by atoms with Crippen LogP contribution in [0.15, 0.2) is 0 Å². The van der Waals surface area contributed by atoms with Crippen LogP contribution in [0.3, 0.4) is 0 Å². The van der Waals surface area contributed by atoms with E-state index in [1.165, 1.54) is 9.88 Å². The lowest BCUT2D eigenvalue weighted by Crippen LogP contribution is -2.40. The van der Waals surface area contributed by atoms with Crippen LogP contribution in [-0.2, 0) is 11.3 Å². The molecule has 2 rings (SSSR count). The second-order valence-corrected chi connectivity index (χ2v) is 6.09. The third-order valence-electron chi connectivity index (χ3n) is 3.53. The van der Waals surface area contributed by atoms with E-state index >= 15 is 0 Å². The summed E-state index contributed by atoms with van der Waals surface area (Å²) in [5, 5.41) is 1.18. The molecule has 0 bridgehead atoms. The summed E-state index contributed by atoms with van der Waals surface area (Å²) < 4.78 is 0. The number of rotatable bonds is 3. The molecule has 1 aliphatic heterocycles. The molecule has 1 fully saturated rings. The van der Waals surface area contributed by atoms with Crippen LogP contribution >= 0.6 is 11.3 Å². The Bertz CT molecular complexity index is 394. The lowest BCUT2D eigenvalue weighted by molar-refractivity contribution is -0.126. The summed E-state index contributed by atoms with van der Waals surface area (Å²) >= 11 is 1.78.